The van der Waals surface area contributed by atoms with Gasteiger partial charge in [-0.05, 0) is 30.7 Å². The van der Waals surface area contributed by atoms with E-state index in [1.165, 1.54) is 0 Å². The number of allylic oxidation sites excluding steroid dienone is 1. The number of hydrogen-bond donors (Lipinski definition) is 1. The highest BCUT2D eigenvalue weighted by Crippen LogP contribution is 2.28. The molecule has 130 valence electrons. The first-order valence-corrected chi connectivity index (χ1v) is 8.19. The molecular weight excluding hydrogens is 326 g/mol. The van der Waals surface area contributed by atoms with E-state index in [0.717, 1.165) is 22.6 Å². The van der Waals surface area contributed by atoms with Crippen LogP contribution in [0.4, 0.5) is 11.5 Å². The van der Waals surface area contributed by atoms with Crippen LogP contribution in [0, 0.1) is 0 Å². The van der Waals surface area contributed by atoms with Gasteiger partial charge in [0.25, 0.3) is 0 Å². The number of rotatable bonds is 6. The minimum Gasteiger partial charge on any atom is -0.478 e. The number of carbonyl (C=O) groups is 1. The molecule has 1 N–H and O–H groups in total. The molecule has 0 unspecified atom stereocenters. The van der Waals surface area contributed by atoms with Gasteiger partial charge in [0.1, 0.15) is 5.82 Å². The van der Waals surface area contributed by atoms with Gasteiger partial charge in [-0.2, -0.15) is 0 Å². The molecule has 0 spiro atoms. The Morgan fingerprint density at radius 3 is 2.46 bits per heavy atom. The summed E-state index contributed by atoms with van der Waals surface area (Å²) in [5.74, 6) is 0.462. The van der Waals surface area contributed by atoms with Crippen LogP contribution in [0.1, 0.15) is 15.9 Å². The lowest BCUT2D eigenvalue weighted by molar-refractivity contribution is 0.0697. The highest BCUT2D eigenvalue weighted by Gasteiger charge is 2.14. The molecule has 26 heavy (non-hydrogen) atoms. The average Bonchev–Trinajstić information content (AvgIpc) is 2.69. The van der Waals surface area contributed by atoms with Crippen molar-refractivity contribution in [2.45, 2.75) is 6.42 Å². The van der Waals surface area contributed by atoms with Crippen molar-refractivity contribution in [3.8, 4) is 11.4 Å². The third-order valence-electron chi connectivity index (χ3n) is 4.06. The normalized spacial score (nSPS) is 10.3. The number of anilines is 2. The van der Waals surface area contributed by atoms with Gasteiger partial charge in [0.2, 0.25) is 0 Å². The molecule has 1 aromatic heterocycles. The van der Waals surface area contributed by atoms with Crippen LogP contribution >= 0.6 is 0 Å². The van der Waals surface area contributed by atoms with E-state index in [2.05, 4.69) is 11.6 Å². The van der Waals surface area contributed by atoms with Crippen LogP contribution in [0.5, 0.6) is 0 Å². The second-order valence-corrected chi connectivity index (χ2v) is 5.81. The molecule has 3 aromatic rings. The molecule has 5 nitrogen and oxygen atoms in total. The molecule has 0 amide bonds. The lowest BCUT2D eigenvalue weighted by Gasteiger charge is -2.21. The molecule has 1 heterocycles. The van der Waals surface area contributed by atoms with E-state index in [4.69, 9.17) is 10.1 Å². The Labute approximate surface area is 152 Å². The zero-order chi connectivity index (χ0) is 18.5. The Morgan fingerprint density at radius 2 is 1.85 bits per heavy atom. The van der Waals surface area contributed by atoms with E-state index in [-0.39, 0.29) is 5.56 Å². The molecule has 0 bridgehead atoms. The van der Waals surface area contributed by atoms with Gasteiger partial charge in [0, 0.05) is 30.1 Å². The second-order valence-electron chi connectivity index (χ2n) is 5.81. The SMILES string of the molecule is C=CCc1cnc(-c2ccccc2)nc1N(C)c1ccc(C(=O)O)cc1. The summed E-state index contributed by atoms with van der Waals surface area (Å²) in [5.41, 5.74) is 2.98. The predicted molar refractivity (Wildman–Crippen MR) is 103 cm³/mol. The summed E-state index contributed by atoms with van der Waals surface area (Å²) in [6, 6.07) is 16.5. The minimum absolute atomic E-state index is 0.251. The van der Waals surface area contributed by atoms with Crippen molar-refractivity contribution in [2.75, 3.05) is 11.9 Å². The molecule has 0 fully saturated rings. The predicted octanol–water partition coefficient (Wildman–Crippen LogP) is 4.34. The van der Waals surface area contributed by atoms with E-state index < -0.39 is 5.97 Å². The summed E-state index contributed by atoms with van der Waals surface area (Å²) >= 11 is 0. The highest BCUT2D eigenvalue weighted by molar-refractivity contribution is 5.88. The number of benzene rings is 2. The zero-order valence-electron chi connectivity index (χ0n) is 14.5. The van der Waals surface area contributed by atoms with E-state index >= 15 is 0 Å². The molecular formula is C21H19N3O2. The van der Waals surface area contributed by atoms with Crippen molar-refractivity contribution < 1.29 is 9.90 Å². The van der Waals surface area contributed by atoms with Crippen LogP contribution in [-0.4, -0.2) is 28.1 Å². The summed E-state index contributed by atoms with van der Waals surface area (Å²) in [7, 11) is 1.90. The first kappa shape index (κ1) is 17.4. The van der Waals surface area contributed by atoms with Crippen molar-refractivity contribution >= 4 is 17.5 Å². The Bertz CT molecular complexity index is 922. The van der Waals surface area contributed by atoms with Crippen LogP contribution in [0.3, 0.4) is 0 Å². The smallest absolute Gasteiger partial charge is 0.335 e. The summed E-state index contributed by atoms with van der Waals surface area (Å²) < 4.78 is 0. The monoisotopic (exact) mass is 345 g/mol. The van der Waals surface area contributed by atoms with E-state index in [1.807, 2.05) is 54.6 Å². The maximum Gasteiger partial charge on any atom is 0.335 e. The molecule has 0 aliphatic rings. The van der Waals surface area contributed by atoms with Crippen molar-refractivity contribution in [2.24, 2.45) is 0 Å². The van der Waals surface area contributed by atoms with Gasteiger partial charge < -0.3 is 10.0 Å². The minimum atomic E-state index is -0.944. The maximum absolute atomic E-state index is 11.0. The van der Waals surface area contributed by atoms with Crippen LogP contribution in [0.15, 0.2) is 73.4 Å². The Hall–Kier alpha value is -3.47. The molecule has 0 aliphatic heterocycles. The van der Waals surface area contributed by atoms with Gasteiger partial charge in [-0.1, -0.05) is 36.4 Å². The van der Waals surface area contributed by atoms with Gasteiger partial charge in [0.05, 0.1) is 5.56 Å². The molecule has 3 rings (SSSR count). The van der Waals surface area contributed by atoms with Crippen LogP contribution in [-0.2, 0) is 6.42 Å². The topological polar surface area (TPSA) is 66.3 Å². The summed E-state index contributed by atoms with van der Waals surface area (Å²) in [4.78, 5) is 22.2. The van der Waals surface area contributed by atoms with Gasteiger partial charge in [0.15, 0.2) is 5.82 Å². The first-order chi connectivity index (χ1) is 12.6. The Kier molecular flexibility index (Phi) is 5.08. The molecule has 2 aromatic carbocycles. The number of aromatic carboxylic acids is 1. The summed E-state index contributed by atoms with van der Waals surface area (Å²) in [6.07, 6.45) is 4.27. The molecule has 0 saturated heterocycles. The largest absolute Gasteiger partial charge is 0.478 e. The third-order valence-corrected chi connectivity index (χ3v) is 4.06. The molecule has 5 heteroatoms. The molecule has 0 atom stereocenters. The van der Waals surface area contributed by atoms with Gasteiger partial charge >= 0.3 is 5.97 Å². The van der Waals surface area contributed by atoms with E-state index in [0.29, 0.717) is 12.2 Å². The van der Waals surface area contributed by atoms with Gasteiger partial charge in [-0.15, -0.1) is 6.58 Å². The van der Waals surface area contributed by atoms with Crippen LogP contribution in [0.25, 0.3) is 11.4 Å². The number of hydrogen-bond acceptors (Lipinski definition) is 4. The molecule has 0 saturated carbocycles. The van der Waals surface area contributed by atoms with E-state index in [9.17, 15) is 4.79 Å². The fraction of sp³-hybridized carbons (Fsp3) is 0.0952. The third kappa shape index (κ3) is 3.62. The number of carboxylic acid groups (broad SMARTS) is 1. The van der Waals surface area contributed by atoms with Gasteiger partial charge in [-0.25, -0.2) is 14.8 Å². The van der Waals surface area contributed by atoms with Crippen molar-refractivity contribution in [3.05, 3.63) is 84.6 Å². The Balaban J connectivity index is 2.02. The zero-order valence-corrected chi connectivity index (χ0v) is 14.5. The molecule has 0 aliphatic carbocycles. The standard InChI is InChI=1S/C21H19N3O2/c1-3-7-17-14-22-19(15-8-5-4-6-9-15)23-20(17)24(2)18-12-10-16(11-13-18)21(25)26/h3-6,8-14H,1,7H2,2H3,(H,25,26). The van der Waals surface area contributed by atoms with Crippen LogP contribution < -0.4 is 4.90 Å². The maximum atomic E-state index is 11.0. The Morgan fingerprint density at radius 1 is 1.15 bits per heavy atom. The lowest BCUT2D eigenvalue weighted by Crippen LogP contribution is -2.15. The lowest BCUT2D eigenvalue weighted by atomic mass is 10.1. The number of nitrogens with zero attached hydrogens (tertiary/aromatic N) is 3. The first-order valence-electron chi connectivity index (χ1n) is 8.19. The van der Waals surface area contributed by atoms with Crippen LogP contribution in [0.2, 0.25) is 0 Å². The fourth-order valence-corrected chi connectivity index (χ4v) is 2.66. The fourth-order valence-electron chi connectivity index (χ4n) is 2.66. The second kappa shape index (κ2) is 7.61. The average molecular weight is 345 g/mol. The quantitative estimate of drug-likeness (QED) is 0.673. The highest BCUT2D eigenvalue weighted by atomic mass is 16.4. The van der Waals surface area contributed by atoms with E-state index in [1.54, 1.807) is 24.3 Å². The summed E-state index contributed by atoms with van der Waals surface area (Å²) in [6.45, 7) is 3.80. The summed E-state index contributed by atoms with van der Waals surface area (Å²) in [5, 5.41) is 9.06. The van der Waals surface area contributed by atoms with Gasteiger partial charge in [-0.3, -0.25) is 0 Å². The number of aromatic nitrogens is 2. The number of carboxylic acids is 1. The van der Waals surface area contributed by atoms with Crippen molar-refractivity contribution in [3.63, 3.8) is 0 Å². The molecule has 0 radical (unpaired) electrons. The van der Waals surface area contributed by atoms with Crippen molar-refractivity contribution in [1.82, 2.24) is 9.97 Å². The van der Waals surface area contributed by atoms with Crippen molar-refractivity contribution in [1.29, 1.82) is 0 Å².